The van der Waals surface area contributed by atoms with Crippen LogP contribution in [0.15, 0.2) is 42.9 Å². The van der Waals surface area contributed by atoms with Gasteiger partial charge in [-0.15, -0.1) is 0 Å². The highest BCUT2D eigenvalue weighted by atomic mass is 19.3. The number of halogens is 2. The summed E-state index contributed by atoms with van der Waals surface area (Å²) >= 11 is 0. The van der Waals surface area contributed by atoms with Crippen LogP contribution < -0.4 is 5.32 Å². The Labute approximate surface area is 203 Å². The van der Waals surface area contributed by atoms with E-state index in [0.717, 1.165) is 35.4 Å². The van der Waals surface area contributed by atoms with Gasteiger partial charge < -0.3 is 10.4 Å². The van der Waals surface area contributed by atoms with E-state index in [1.807, 2.05) is 32.0 Å². The molecule has 1 aromatic carbocycles. The Balaban J connectivity index is 1.49. The van der Waals surface area contributed by atoms with Gasteiger partial charge in [0, 0.05) is 35.8 Å². The number of carbonyl (C=O) groups is 1. The van der Waals surface area contributed by atoms with Crippen LogP contribution in [0.25, 0.3) is 11.1 Å². The molecule has 7 nitrogen and oxygen atoms in total. The number of nitrogens with one attached hydrogen (secondary N) is 1. The maximum Gasteiger partial charge on any atom is 0.306 e. The highest BCUT2D eigenvalue weighted by Gasteiger charge is 2.35. The van der Waals surface area contributed by atoms with E-state index >= 15 is 0 Å². The maximum absolute atomic E-state index is 13.0. The van der Waals surface area contributed by atoms with Gasteiger partial charge in [0.05, 0.1) is 5.92 Å². The van der Waals surface area contributed by atoms with Crippen molar-refractivity contribution in [3.8, 4) is 11.1 Å². The molecular weight excluding hydrogens is 452 g/mol. The lowest BCUT2D eigenvalue weighted by Crippen LogP contribution is -2.31. The van der Waals surface area contributed by atoms with Crippen LogP contribution in [0.3, 0.4) is 0 Å². The van der Waals surface area contributed by atoms with Gasteiger partial charge in [-0.1, -0.05) is 19.9 Å². The first kappa shape index (κ1) is 24.6. The summed E-state index contributed by atoms with van der Waals surface area (Å²) in [4.78, 5) is 28.6. The number of hydrogen-bond acceptors (Lipinski definition) is 6. The quantitative estimate of drug-likeness (QED) is 0.416. The van der Waals surface area contributed by atoms with Crippen LogP contribution in [0.2, 0.25) is 0 Å². The average Bonchev–Trinajstić information content (AvgIpc) is 2.83. The number of aliphatic carboxylic acids is 1. The molecule has 2 aromatic heterocycles. The number of aryl methyl sites for hydroxylation is 1. The molecule has 0 radical (unpaired) electrons. The predicted octanol–water partition coefficient (Wildman–Crippen LogP) is 6.16. The summed E-state index contributed by atoms with van der Waals surface area (Å²) in [6.07, 6.45) is 4.61. The molecule has 9 heteroatoms. The first-order valence-electron chi connectivity index (χ1n) is 11.8. The maximum atomic E-state index is 13.0. The molecule has 2 N–H and O–H groups in total. The normalized spacial score (nSPS) is 21.0. The fraction of sp³-hybridized carbons (Fsp3) is 0.423. The lowest BCUT2D eigenvalue weighted by atomic mass is 9.71. The lowest BCUT2D eigenvalue weighted by Gasteiger charge is -2.34. The summed E-state index contributed by atoms with van der Waals surface area (Å²) in [5, 5.41) is 12.4. The number of carboxylic acids is 1. The Bertz CT molecular complexity index is 1190. The zero-order chi connectivity index (χ0) is 25.1. The Morgan fingerprint density at radius 1 is 1.11 bits per heavy atom. The summed E-state index contributed by atoms with van der Waals surface area (Å²) in [5.41, 5.74) is 3.02. The molecule has 2 heterocycles. The standard InChI is InChI=1S/C26H29F2N5O2/c1-14-8-18(11-20(9-14)32-26-29-7-6-22(33-26)23(27)28)19-12-30-24(31-13-19)16(3)17-4-5-21(25(34)35)15(2)10-17/h6-9,11-13,15-17,21,23H,4-5,10H2,1-3H3,(H,34,35)(H,29,32,33)/t15-,16-,17+,21+/m1/s1. The Hall–Kier alpha value is -3.49. The zero-order valence-electron chi connectivity index (χ0n) is 19.9. The van der Waals surface area contributed by atoms with Gasteiger partial charge in [-0.05, 0) is 67.3 Å². The topological polar surface area (TPSA) is 101 Å². The molecule has 1 saturated carbocycles. The van der Waals surface area contributed by atoms with Crippen LogP contribution in [0, 0.1) is 24.7 Å². The fourth-order valence-electron chi connectivity index (χ4n) is 4.90. The largest absolute Gasteiger partial charge is 0.481 e. The number of alkyl halides is 2. The molecule has 1 aliphatic carbocycles. The lowest BCUT2D eigenvalue weighted by molar-refractivity contribution is -0.145. The van der Waals surface area contributed by atoms with Gasteiger partial charge in [0.1, 0.15) is 11.5 Å². The number of carboxylic acid groups (broad SMARTS) is 1. The van der Waals surface area contributed by atoms with Gasteiger partial charge >= 0.3 is 5.97 Å². The van der Waals surface area contributed by atoms with Gasteiger partial charge in [-0.3, -0.25) is 4.79 Å². The molecule has 35 heavy (non-hydrogen) atoms. The van der Waals surface area contributed by atoms with Gasteiger partial charge in [-0.2, -0.15) is 0 Å². The highest BCUT2D eigenvalue weighted by molar-refractivity contribution is 5.71. The van der Waals surface area contributed by atoms with Crippen molar-refractivity contribution in [1.29, 1.82) is 0 Å². The van der Waals surface area contributed by atoms with Gasteiger partial charge in [-0.25, -0.2) is 28.7 Å². The van der Waals surface area contributed by atoms with Crippen LogP contribution in [0.1, 0.15) is 62.5 Å². The molecule has 4 atom stereocenters. The minimum atomic E-state index is -2.67. The van der Waals surface area contributed by atoms with Crippen molar-refractivity contribution in [1.82, 2.24) is 19.9 Å². The van der Waals surface area contributed by atoms with Gasteiger partial charge in [0.25, 0.3) is 6.43 Å². The van der Waals surface area contributed by atoms with E-state index in [4.69, 9.17) is 0 Å². The predicted molar refractivity (Wildman–Crippen MR) is 129 cm³/mol. The third-order valence-corrected chi connectivity index (χ3v) is 6.88. The highest BCUT2D eigenvalue weighted by Crippen LogP contribution is 2.40. The molecule has 1 aliphatic rings. The van der Waals surface area contributed by atoms with E-state index in [-0.39, 0.29) is 29.4 Å². The fourth-order valence-corrected chi connectivity index (χ4v) is 4.90. The molecule has 3 aromatic rings. The van der Waals surface area contributed by atoms with Gasteiger partial charge in [0.15, 0.2) is 0 Å². The Morgan fingerprint density at radius 3 is 2.51 bits per heavy atom. The second-order valence-corrected chi connectivity index (χ2v) is 9.43. The third kappa shape index (κ3) is 5.78. The monoisotopic (exact) mass is 481 g/mol. The Morgan fingerprint density at radius 2 is 1.86 bits per heavy atom. The van der Waals surface area contributed by atoms with Crippen molar-refractivity contribution in [3.63, 3.8) is 0 Å². The molecule has 0 amide bonds. The molecular formula is C26H29F2N5O2. The minimum absolute atomic E-state index is 0.103. The van der Waals surface area contributed by atoms with Crippen molar-refractivity contribution < 1.29 is 18.7 Å². The average molecular weight is 482 g/mol. The number of anilines is 2. The third-order valence-electron chi connectivity index (χ3n) is 6.88. The van der Waals surface area contributed by atoms with E-state index in [0.29, 0.717) is 18.0 Å². The molecule has 4 rings (SSSR count). The van der Waals surface area contributed by atoms with Crippen LogP contribution in [-0.2, 0) is 4.79 Å². The zero-order valence-corrected chi connectivity index (χ0v) is 19.9. The van der Waals surface area contributed by atoms with Crippen molar-refractivity contribution >= 4 is 17.6 Å². The molecule has 0 bridgehead atoms. The molecule has 0 aliphatic heterocycles. The summed E-state index contributed by atoms with van der Waals surface area (Å²) in [7, 11) is 0. The smallest absolute Gasteiger partial charge is 0.306 e. The number of rotatable bonds is 7. The molecule has 0 spiro atoms. The number of hydrogen-bond donors (Lipinski definition) is 2. The SMILES string of the molecule is Cc1cc(Nc2nccc(C(F)F)n2)cc(-c2cnc([C@H](C)[C@H]3CC[C@H](C(=O)O)[C@H](C)C3)nc2)c1. The summed E-state index contributed by atoms with van der Waals surface area (Å²) in [5.74, 6) is 0.505. The van der Waals surface area contributed by atoms with Crippen molar-refractivity contribution in [2.45, 2.75) is 52.4 Å². The van der Waals surface area contributed by atoms with E-state index in [1.165, 1.54) is 12.3 Å². The summed E-state index contributed by atoms with van der Waals surface area (Å²) in [6.45, 7) is 6.06. The Kier molecular flexibility index (Phi) is 7.33. The number of aromatic nitrogens is 4. The van der Waals surface area contributed by atoms with Crippen LogP contribution in [0.4, 0.5) is 20.4 Å². The number of nitrogens with zero attached hydrogens (tertiary/aromatic N) is 4. The van der Waals surface area contributed by atoms with Crippen molar-refractivity contribution in [2.75, 3.05) is 5.32 Å². The van der Waals surface area contributed by atoms with Crippen LogP contribution in [0.5, 0.6) is 0 Å². The first-order chi connectivity index (χ1) is 16.7. The van der Waals surface area contributed by atoms with E-state index in [2.05, 4.69) is 32.2 Å². The van der Waals surface area contributed by atoms with Crippen molar-refractivity contribution in [3.05, 3.63) is 59.9 Å². The van der Waals surface area contributed by atoms with Gasteiger partial charge in [0.2, 0.25) is 5.95 Å². The summed E-state index contributed by atoms with van der Waals surface area (Å²) in [6, 6.07) is 6.95. The van der Waals surface area contributed by atoms with E-state index < -0.39 is 12.4 Å². The molecule has 0 unspecified atom stereocenters. The second-order valence-electron chi connectivity index (χ2n) is 9.43. The van der Waals surface area contributed by atoms with E-state index in [9.17, 15) is 18.7 Å². The van der Waals surface area contributed by atoms with Crippen molar-refractivity contribution in [2.24, 2.45) is 17.8 Å². The van der Waals surface area contributed by atoms with Crippen LogP contribution in [-0.4, -0.2) is 31.0 Å². The van der Waals surface area contributed by atoms with Crippen LogP contribution >= 0.6 is 0 Å². The minimum Gasteiger partial charge on any atom is -0.481 e. The molecule has 184 valence electrons. The molecule has 0 saturated heterocycles. The number of benzene rings is 1. The molecule has 1 fully saturated rings. The van der Waals surface area contributed by atoms with E-state index in [1.54, 1.807) is 12.4 Å². The first-order valence-corrected chi connectivity index (χ1v) is 11.8. The second kappa shape index (κ2) is 10.4. The summed E-state index contributed by atoms with van der Waals surface area (Å²) < 4.78 is 25.9.